The lowest BCUT2D eigenvalue weighted by Crippen LogP contribution is -2.51. The van der Waals surface area contributed by atoms with Gasteiger partial charge in [0.05, 0.1) is 5.41 Å². The normalized spacial score (nSPS) is 39.1. The van der Waals surface area contributed by atoms with Crippen LogP contribution >= 0.6 is 0 Å². The molecular formula is C11H19NO2. The predicted octanol–water partition coefficient (Wildman–Crippen LogP) is 1.49. The van der Waals surface area contributed by atoms with E-state index in [0.29, 0.717) is 11.8 Å². The predicted molar refractivity (Wildman–Crippen MR) is 54.1 cm³/mol. The Labute approximate surface area is 84.9 Å². The molecule has 1 saturated carbocycles. The lowest BCUT2D eigenvalue weighted by molar-refractivity contribution is -0.165. The molecule has 3 nitrogen and oxygen atoms in total. The van der Waals surface area contributed by atoms with E-state index in [0.717, 1.165) is 38.8 Å². The quantitative estimate of drug-likeness (QED) is 0.705. The van der Waals surface area contributed by atoms with Gasteiger partial charge in [-0.15, -0.1) is 0 Å². The third-order valence-electron chi connectivity index (χ3n) is 3.97. The number of rotatable bonds is 2. The first-order chi connectivity index (χ1) is 6.65. The molecular weight excluding hydrogens is 178 g/mol. The molecule has 1 saturated heterocycles. The topological polar surface area (TPSA) is 49.3 Å². The number of hydrogen-bond acceptors (Lipinski definition) is 2. The van der Waals surface area contributed by atoms with Crippen molar-refractivity contribution in [2.45, 2.75) is 32.6 Å². The number of piperidine rings is 1. The second-order valence-corrected chi connectivity index (χ2v) is 5.00. The molecule has 0 unspecified atom stereocenters. The maximum absolute atomic E-state index is 11.3. The van der Waals surface area contributed by atoms with Crippen molar-refractivity contribution in [3.63, 3.8) is 0 Å². The zero-order valence-corrected chi connectivity index (χ0v) is 8.75. The fraction of sp³-hybridized carbons (Fsp3) is 0.909. The molecule has 0 amide bonds. The van der Waals surface area contributed by atoms with Gasteiger partial charge in [0.2, 0.25) is 0 Å². The molecule has 0 aromatic rings. The Kier molecular flexibility index (Phi) is 2.52. The summed E-state index contributed by atoms with van der Waals surface area (Å²) in [6, 6.07) is 0. The smallest absolute Gasteiger partial charge is 0.309 e. The number of carboxylic acids is 1. The average Bonchev–Trinajstić information content (AvgIpc) is 2.13. The maximum atomic E-state index is 11.3. The first-order valence-electron chi connectivity index (χ1n) is 5.59. The van der Waals surface area contributed by atoms with E-state index in [-0.39, 0.29) is 5.41 Å². The molecule has 2 N–H and O–H groups in total. The molecule has 2 aliphatic rings. The zero-order chi connectivity index (χ0) is 10.2. The van der Waals surface area contributed by atoms with E-state index in [1.165, 1.54) is 0 Å². The Balaban J connectivity index is 2.07. The molecule has 1 aliphatic carbocycles. The van der Waals surface area contributed by atoms with E-state index in [2.05, 4.69) is 12.2 Å². The minimum absolute atomic E-state index is 0.360. The van der Waals surface area contributed by atoms with E-state index in [4.69, 9.17) is 0 Å². The van der Waals surface area contributed by atoms with E-state index >= 15 is 0 Å². The van der Waals surface area contributed by atoms with Crippen molar-refractivity contribution in [1.29, 1.82) is 0 Å². The Hall–Kier alpha value is -0.570. The van der Waals surface area contributed by atoms with Crippen LogP contribution in [0, 0.1) is 17.3 Å². The van der Waals surface area contributed by atoms with Crippen LogP contribution in [0.1, 0.15) is 32.6 Å². The van der Waals surface area contributed by atoms with Gasteiger partial charge in [-0.2, -0.15) is 0 Å². The third kappa shape index (κ3) is 1.44. The second-order valence-electron chi connectivity index (χ2n) is 5.00. The Morgan fingerprint density at radius 1 is 1.36 bits per heavy atom. The summed E-state index contributed by atoms with van der Waals surface area (Å²) in [5, 5.41) is 12.6. The number of hydrogen-bond donors (Lipinski definition) is 2. The van der Waals surface area contributed by atoms with Gasteiger partial charge in [-0.05, 0) is 50.6 Å². The molecule has 1 aliphatic heterocycles. The molecule has 0 spiro atoms. The highest BCUT2D eigenvalue weighted by molar-refractivity contribution is 5.76. The first-order valence-corrected chi connectivity index (χ1v) is 5.59. The molecule has 14 heavy (non-hydrogen) atoms. The average molecular weight is 197 g/mol. The molecule has 1 heterocycles. The highest BCUT2D eigenvalue weighted by Gasteiger charge is 2.53. The lowest BCUT2D eigenvalue weighted by Gasteiger charge is -2.49. The molecule has 0 atom stereocenters. The van der Waals surface area contributed by atoms with Crippen LogP contribution in [0.2, 0.25) is 0 Å². The number of nitrogens with one attached hydrogen (secondary N) is 1. The standard InChI is InChI=1S/C11H19NO2/c1-8-6-11(7-8,10(13)14)9-2-4-12-5-3-9/h8-9,12H,2-7H2,1H3,(H,13,14). The molecule has 80 valence electrons. The minimum atomic E-state index is -0.553. The van der Waals surface area contributed by atoms with Crippen molar-refractivity contribution in [2.75, 3.05) is 13.1 Å². The molecule has 0 bridgehead atoms. The zero-order valence-electron chi connectivity index (χ0n) is 8.75. The van der Waals surface area contributed by atoms with Crippen LogP contribution < -0.4 is 5.32 Å². The van der Waals surface area contributed by atoms with Gasteiger partial charge in [-0.1, -0.05) is 6.92 Å². The summed E-state index contributed by atoms with van der Waals surface area (Å²) < 4.78 is 0. The summed E-state index contributed by atoms with van der Waals surface area (Å²) in [5.41, 5.74) is -0.360. The van der Waals surface area contributed by atoms with Crippen molar-refractivity contribution in [3.8, 4) is 0 Å². The molecule has 0 aromatic heterocycles. The molecule has 2 rings (SSSR count). The van der Waals surface area contributed by atoms with Crippen molar-refractivity contribution >= 4 is 5.97 Å². The van der Waals surface area contributed by atoms with Gasteiger partial charge in [0.25, 0.3) is 0 Å². The van der Waals surface area contributed by atoms with Gasteiger partial charge in [0, 0.05) is 0 Å². The van der Waals surface area contributed by atoms with Crippen LogP contribution in [0.15, 0.2) is 0 Å². The van der Waals surface area contributed by atoms with Gasteiger partial charge in [0.1, 0.15) is 0 Å². The van der Waals surface area contributed by atoms with Crippen LogP contribution in [0.5, 0.6) is 0 Å². The van der Waals surface area contributed by atoms with Crippen LogP contribution in [0.25, 0.3) is 0 Å². The SMILES string of the molecule is CC1CC(C(=O)O)(C2CCNCC2)C1. The summed E-state index contributed by atoms with van der Waals surface area (Å²) in [7, 11) is 0. The van der Waals surface area contributed by atoms with Crippen molar-refractivity contribution < 1.29 is 9.90 Å². The Morgan fingerprint density at radius 2 is 1.93 bits per heavy atom. The van der Waals surface area contributed by atoms with Crippen molar-refractivity contribution in [2.24, 2.45) is 17.3 Å². The number of carbonyl (C=O) groups is 1. The van der Waals surface area contributed by atoms with Crippen molar-refractivity contribution in [3.05, 3.63) is 0 Å². The summed E-state index contributed by atoms with van der Waals surface area (Å²) >= 11 is 0. The van der Waals surface area contributed by atoms with E-state index in [1.807, 2.05) is 0 Å². The first kappa shape index (κ1) is 9.97. The Bertz CT molecular complexity index is 227. The molecule has 0 radical (unpaired) electrons. The van der Waals surface area contributed by atoms with Gasteiger partial charge < -0.3 is 10.4 Å². The van der Waals surface area contributed by atoms with E-state index < -0.39 is 5.97 Å². The Morgan fingerprint density at radius 3 is 2.36 bits per heavy atom. The van der Waals surface area contributed by atoms with Gasteiger partial charge >= 0.3 is 5.97 Å². The fourth-order valence-corrected chi connectivity index (χ4v) is 3.24. The van der Waals surface area contributed by atoms with Crippen LogP contribution in [0.4, 0.5) is 0 Å². The summed E-state index contributed by atoms with van der Waals surface area (Å²) in [6.07, 6.45) is 3.87. The highest BCUT2D eigenvalue weighted by Crippen LogP contribution is 2.53. The van der Waals surface area contributed by atoms with Crippen LogP contribution in [-0.2, 0) is 4.79 Å². The number of aliphatic carboxylic acids is 1. The van der Waals surface area contributed by atoms with Crippen LogP contribution in [0.3, 0.4) is 0 Å². The van der Waals surface area contributed by atoms with Gasteiger partial charge in [-0.3, -0.25) is 4.79 Å². The van der Waals surface area contributed by atoms with Gasteiger partial charge in [-0.25, -0.2) is 0 Å². The lowest BCUT2D eigenvalue weighted by atomic mass is 9.54. The summed E-state index contributed by atoms with van der Waals surface area (Å²) in [6.45, 7) is 4.14. The molecule has 0 aromatic carbocycles. The van der Waals surface area contributed by atoms with Crippen molar-refractivity contribution in [1.82, 2.24) is 5.32 Å². The fourth-order valence-electron chi connectivity index (χ4n) is 3.24. The summed E-state index contributed by atoms with van der Waals surface area (Å²) in [4.78, 5) is 11.3. The highest BCUT2D eigenvalue weighted by atomic mass is 16.4. The van der Waals surface area contributed by atoms with Gasteiger partial charge in [0.15, 0.2) is 0 Å². The third-order valence-corrected chi connectivity index (χ3v) is 3.97. The largest absolute Gasteiger partial charge is 0.481 e. The molecule has 2 fully saturated rings. The van der Waals surface area contributed by atoms with Crippen LogP contribution in [-0.4, -0.2) is 24.2 Å². The maximum Gasteiger partial charge on any atom is 0.309 e. The molecule has 3 heteroatoms. The van der Waals surface area contributed by atoms with E-state index in [9.17, 15) is 9.90 Å². The minimum Gasteiger partial charge on any atom is -0.481 e. The second kappa shape index (κ2) is 3.54. The monoisotopic (exact) mass is 197 g/mol. The van der Waals surface area contributed by atoms with E-state index in [1.54, 1.807) is 0 Å². The number of carboxylic acid groups (broad SMARTS) is 1. The summed E-state index contributed by atoms with van der Waals surface area (Å²) in [5.74, 6) is 0.473.